The number of nitrogens with zero attached hydrogens (tertiary/aromatic N) is 5. The van der Waals surface area contributed by atoms with Gasteiger partial charge in [-0.25, -0.2) is 4.68 Å². The van der Waals surface area contributed by atoms with Crippen molar-refractivity contribution in [1.82, 2.24) is 24.9 Å². The molecule has 2 aromatic heterocycles. The van der Waals surface area contributed by atoms with Crippen LogP contribution in [0.1, 0.15) is 60.7 Å². The summed E-state index contributed by atoms with van der Waals surface area (Å²) in [6.07, 6.45) is 4.90. The number of piperidine rings is 1. The smallest absolute Gasteiger partial charge is 0.271 e. The van der Waals surface area contributed by atoms with Gasteiger partial charge >= 0.3 is 0 Å². The monoisotopic (exact) mass is 414 g/mol. The van der Waals surface area contributed by atoms with E-state index in [1.54, 1.807) is 16.8 Å². The predicted octanol–water partition coefficient (Wildman–Crippen LogP) is 1.16. The molecular weight excluding hydrogens is 384 g/mol. The van der Waals surface area contributed by atoms with E-state index in [0.29, 0.717) is 18.7 Å². The quantitative estimate of drug-likeness (QED) is 0.761. The molecule has 9 nitrogen and oxygen atoms in total. The highest BCUT2D eigenvalue weighted by Crippen LogP contribution is 2.29. The number of hydrogen-bond donors (Lipinski definition) is 2. The van der Waals surface area contributed by atoms with Crippen LogP contribution in [-0.4, -0.2) is 55.8 Å². The summed E-state index contributed by atoms with van der Waals surface area (Å²) in [7, 11) is 1.82. The van der Waals surface area contributed by atoms with Crippen molar-refractivity contribution in [2.45, 2.75) is 63.6 Å². The first-order valence-corrected chi connectivity index (χ1v) is 10.8. The fraction of sp³-hybridized carbons (Fsp3) is 0.619. The highest BCUT2D eigenvalue weighted by Gasteiger charge is 2.30. The summed E-state index contributed by atoms with van der Waals surface area (Å²) in [6, 6.07) is 4.90. The number of aromatic nitrogens is 4. The van der Waals surface area contributed by atoms with Crippen LogP contribution in [0.25, 0.3) is 0 Å². The standard InChI is InChI=1S/C21H30N6O3/c1-14-12-16(23-25(14)2)21(30)22-13-15-6-3-4-11-26(15)19-9-10-20(29)27(24-19)17-7-5-8-18(17)28/h9-10,12,15,17-18,28H,3-8,11,13H2,1-2H3,(H,22,30). The average Bonchev–Trinajstić information content (AvgIpc) is 3.32. The van der Waals surface area contributed by atoms with Gasteiger partial charge in [0.05, 0.1) is 12.1 Å². The molecule has 2 aliphatic rings. The summed E-state index contributed by atoms with van der Waals surface area (Å²) in [5.41, 5.74) is 1.16. The number of aliphatic hydroxyl groups is 1. The molecule has 1 aliphatic heterocycles. The molecule has 0 spiro atoms. The maximum atomic E-state index is 12.5. The summed E-state index contributed by atoms with van der Waals surface area (Å²) in [5, 5.41) is 22.1. The van der Waals surface area contributed by atoms with Crippen LogP contribution in [0.5, 0.6) is 0 Å². The van der Waals surface area contributed by atoms with Crippen molar-refractivity contribution in [2.24, 2.45) is 7.05 Å². The van der Waals surface area contributed by atoms with E-state index < -0.39 is 6.10 Å². The number of rotatable bonds is 5. The topological polar surface area (TPSA) is 105 Å². The number of amides is 1. The van der Waals surface area contributed by atoms with E-state index in [0.717, 1.165) is 50.2 Å². The third-order valence-electron chi connectivity index (χ3n) is 6.34. The van der Waals surface area contributed by atoms with E-state index in [-0.39, 0.29) is 23.6 Å². The predicted molar refractivity (Wildman–Crippen MR) is 113 cm³/mol. The van der Waals surface area contributed by atoms with Crippen LogP contribution in [0.15, 0.2) is 23.0 Å². The van der Waals surface area contributed by atoms with Gasteiger partial charge in [0.25, 0.3) is 11.5 Å². The number of aryl methyl sites for hydroxylation is 2. The zero-order valence-corrected chi connectivity index (χ0v) is 17.6. The van der Waals surface area contributed by atoms with Gasteiger partial charge in [-0.1, -0.05) is 0 Å². The Bertz CT molecular complexity index is 948. The van der Waals surface area contributed by atoms with Gasteiger partial charge in [-0.3, -0.25) is 14.3 Å². The molecule has 2 aromatic rings. The third kappa shape index (κ3) is 4.12. The van der Waals surface area contributed by atoms with E-state index in [1.165, 1.54) is 10.7 Å². The van der Waals surface area contributed by atoms with Crippen LogP contribution in [-0.2, 0) is 7.05 Å². The molecule has 2 fully saturated rings. The number of anilines is 1. The number of aliphatic hydroxyl groups excluding tert-OH is 1. The summed E-state index contributed by atoms with van der Waals surface area (Å²) in [6.45, 7) is 3.22. The van der Waals surface area contributed by atoms with Gasteiger partial charge in [0, 0.05) is 37.9 Å². The van der Waals surface area contributed by atoms with Crippen LogP contribution in [0.3, 0.4) is 0 Å². The van der Waals surface area contributed by atoms with Gasteiger partial charge < -0.3 is 15.3 Å². The minimum atomic E-state index is -0.524. The molecule has 0 bridgehead atoms. The molecule has 0 aromatic carbocycles. The second-order valence-corrected chi connectivity index (χ2v) is 8.39. The lowest BCUT2D eigenvalue weighted by atomic mass is 10.0. The molecule has 4 rings (SSSR count). The minimum absolute atomic E-state index is 0.0967. The Labute approximate surface area is 175 Å². The zero-order chi connectivity index (χ0) is 21.3. The Morgan fingerprint density at radius 1 is 1.20 bits per heavy atom. The second-order valence-electron chi connectivity index (χ2n) is 8.39. The molecule has 9 heteroatoms. The summed E-state index contributed by atoms with van der Waals surface area (Å²) in [5.74, 6) is 0.539. The van der Waals surface area contributed by atoms with Crippen molar-refractivity contribution in [2.75, 3.05) is 18.0 Å². The Balaban J connectivity index is 1.49. The van der Waals surface area contributed by atoms with Crippen LogP contribution in [0, 0.1) is 6.92 Å². The molecule has 162 valence electrons. The first-order chi connectivity index (χ1) is 14.4. The van der Waals surface area contributed by atoms with Crippen LogP contribution in [0.2, 0.25) is 0 Å². The van der Waals surface area contributed by atoms with E-state index in [4.69, 9.17) is 0 Å². The average molecular weight is 415 g/mol. The highest BCUT2D eigenvalue weighted by atomic mass is 16.3. The summed E-state index contributed by atoms with van der Waals surface area (Å²) >= 11 is 0. The van der Waals surface area contributed by atoms with Crippen molar-refractivity contribution in [3.05, 3.63) is 39.9 Å². The fourth-order valence-corrected chi connectivity index (χ4v) is 4.50. The first-order valence-electron chi connectivity index (χ1n) is 10.8. The van der Waals surface area contributed by atoms with Gasteiger partial charge in [0.2, 0.25) is 0 Å². The minimum Gasteiger partial charge on any atom is -0.391 e. The van der Waals surface area contributed by atoms with Crippen molar-refractivity contribution in [1.29, 1.82) is 0 Å². The zero-order valence-electron chi connectivity index (χ0n) is 17.6. The maximum Gasteiger partial charge on any atom is 0.271 e. The third-order valence-corrected chi connectivity index (χ3v) is 6.34. The lowest BCUT2D eigenvalue weighted by Crippen LogP contribution is -2.48. The molecule has 1 saturated carbocycles. The fourth-order valence-electron chi connectivity index (χ4n) is 4.50. The van der Waals surface area contributed by atoms with Crippen LogP contribution >= 0.6 is 0 Å². The van der Waals surface area contributed by atoms with Crippen molar-refractivity contribution >= 4 is 11.7 Å². The molecule has 3 heterocycles. The molecule has 1 saturated heterocycles. The maximum absolute atomic E-state index is 12.5. The summed E-state index contributed by atoms with van der Waals surface area (Å²) < 4.78 is 3.14. The normalized spacial score (nSPS) is 24.2. The number of carbonyl (C=O) groups excluding carboxylic acids is 1. The van der Waals surface area contributed by atoms with Gasteiger partial charge in [0.1, 0.15) is 11.5 Å². The van der Waals surface area contributed by atoms with Crippen LogP contribution < -0.4 is 15.8 Å². The largest absolute Gasteiger partial charge is 0.391 e. The Morgan fingerprint density at radius 2 is 2.03 bits per heavy atom. The Hall–Kier alpha value is -2.68. The van der Waals surface area contributed by atoms with Gasteiger partial charge in [-0.15, -0.1) is 0 Å². The van der Waals surface area contributed by atoms with Crippen LogP contribution in [0.4, 0.5) is 5.82 Å². The SMILES string of the molecule is Cc1cc(C(=O)NCC2CCCCN2c2ccc(=O)n(C3CCCC3O)n2)nn1C. The molecule has 2 N–H and O–H groups in total. The van der Waals surface area contributed by atoms with E-state index in [9.17, 15) is 14.7 Å². The molecule has 0 radical (unpaired) electrons. The van der Waals surface area contributed by atoms with E-state index in [2.05, 4.69) is 20.4 Å². The highest BCUT2D eigenvalue weighted by molar-refractivity contribution is 5.92. The molecule has 30 heavy (non-hydrogen) atoms. The lowest BCUT2D eigenvalue weighted by molar-refractivity contribution is 0.0943. The Kier molecular flexibility index (Phi) is 5.90. The number of carbonyl (C=O) groups is 1. The Morgan fingerprint density at radius 3 is 2.73 bits per heavy atom. The summed E-state index contributed by atoms with van der Waals surface area (Å²) in [4.78, 5) is 27.1. The van der Waals surface area contributed by atoms with Crippen molar-refractivity contribution in [3.63, 3.8) is 0 Å². The molecule has 3 unspecified atom stereocenters. The van der Waals surface area contributed by atoms with Gasteiger partial charge in [0.15, 0.2) is 0 Å². The molecule has 1 aliphatic carbocycles. The van der Waals surface area contributed by atoms with Gasteiger partial charge in [-0.2, -0.15) is 10.2 Å². The number of nitrogens with one attached hydrogen (secondary N) is 1. The molecule has 1 amide bonds. The lowest BCUT2D eigenvalue weighted by Gasteiger charge is -2.37. The molecule has 3 atom stereocenters. The second kappa shape index (κ2) is 8.59. The first kappa shape index (κ1) is 20.6. The van der Waals surface area contributed by atoms with E-state index >= 15 is 0 Å². The molecular formula is C21H30N6O3. The number of hydrogen-bond acceptors (Lipinski definition) is 6. The van der Waals surface area contributed by atoms with Crippen molar-refractivity contribution < 1.29 is 9.90 Å². The van der Waals surface area contributed by atoms with Gasteiger partial charge in [-0.05, 0) is 57.6 Å². The van der Waals surface area contributed by atoms with Crippen molar-refractivity contribution in [3.8, 4) is 0 Å². The van der Waals surface area contributed by atoms with E-state index in [1.807, 2.05) is 14.0 Å².